The van der Waals surface area contributed by atoms with Crippen LogP contribution in [0.15, 0.2) is 72.9 Å². The minimum Gasteiger partial charge on any atom is -0.481 e. The number of nitrogens with zero attached hydrogens (tertiary/aromatic N) is 2. The molecule has 4 rings (SSSR count). The van der Waals surface area contributed by atoms with E-state index in [-0.39, 0.29) is 17.9 Å². The number of fused-ring (bicyclic) bond motifs is 1. The van der Waals surface area contributed by atoms with Crippen LogP contribution in [0.4, 0.5) is 0 Å². The topological polar surface area (TPSA) is 98.2 Å². The molecule has 0 radical (unpaired) electrons. The molecule has 3 aromatic carbocycles. The van der Waals surface area contributed by atoms with Crippen LogP contribution in [0, 0.1) is 5.92 Å². The summed E-state index contributed by atoms with van der Waals surface area (Å²) in [5.74, 6) is -0.662. The van der Waals surface area contributed by atoms with E-state index in [9.17, 15) is 9.59 Å². The van der Waals surface area contributed by atoms with Crippen LogP contribution >= 0.6 is 0 Å². The van der Waals surface area contributed by atoms with Crippen molar-refractivity contribution in [2.24, 2.45) is 11.7 Å². The molecule has 0 aliphatic carbocycles. The molecule has 1 heterocycles. The molecule has 1 amide bonds. The van der Waals surface area contributed by atoms with E-state index in [1.165, 1.54) is 16.7 Å². The summed E-state index contributed by atoms with van der Waals surface area (Å²) in [7, 11) is 0. The van der Waals surface area contributed by atoms with Crippen LogP contribution in [0.1, 0.15) is 81.9 Å². The fourth-order valence-corrected chi connectivity index (χ4v) is 4.34. The van der Waals surface area contributed by atoms with Crippen LogP contribution in [0.25, 0.3) is 22.0 Å². The molecule has 0 spiro atoms. The van der Waals surface area contributed by atoms with Crippen molar-refractivity contribution in [2.45, 2.75) is 65.8 Å². The van der Waals surface area contributed by atoms with Gasteiger partial charge in [-0.05, 0) is 64.3 Å². The van der Waals surface area contributed by atoms with E-state index in [0.29, 0.717) is 11.5 Å². The molecule has 0 fully saturated rings. The first-order chi connectivity index (χ1) is 17.9. The molecule has 3 N–H and O–H groups in total. The molecule has 1 unspecified atom stereocenters. The van der Waals surface area contributed by atoms with Crippen LogP contribution in [-0.4, -0.2) is 26.8 Å². The summed E-state index contributed by atoms with van der Waals surface area (Å²) in [6.45, 7) is 12.7. The third-order valence-corrected chi connectivity index (χ3v) is 6.55. The maximum atomic E-state index is 11.5. The largest absolute Gasteiger partial charge is 0.481 e. The second kappa shape index (κ2) is 12.1. The summed E-state index contributed by atoms with van der Waals surface area (Å²) in [6.07, 6.45) is 3.12. The molecule has 6 heteroatoms. The highest BCUT2D eigenvalue weighted by molar-refractivity contribution is 5.92. The first-order valence-corrected chi connectivity index (χ1v) is 13.1. The van der Waals surface area contributed by atoms with E-state index < -0.39 is 11.9 Å². The highest BCUT2D eigenvalue weighted by atomic mass is 16.4. The number of nitrogens with two attached hydrogens (primary N) is 1. The number of carbonyl (C=O) groups excluding carboxylic acids is 1. The predicted molar refractivity (Wildman–Crippen MR) is 154 cm³/mol. The van der Waals surface area contributed by atoms with E-state index in [1.807, 2.05) is 18.3 Å². The van der Waals surface area contributed by atoms with Gasteiger partial charge in [-0.15, -0.1) is 0 Å². The Balaban J connectivity index is 0.000000732. The second-order valence-electron chi connectivity index (χ2n) is 11.1. The molecule has 4 aromatic rings. The Hall–Kier alpha value is -3.93. The van der Waals surface area contributed by atoms with Crippen molar-refractivity contribution in [1.82, 2.24) is 9.78 Å². The van der Waals surface area contributed by atoms with E-state index in [2.05, 4.69) is 81.8 Å². The van der Waals surface area contributed by atoms with Crippen molar-refractivity contribution in [3.05, 3.63) is 89.6 Å². The summed E-state index contributed by atoms with van der Waals surface area (Å²) in [5.41, 5.74) is 12.1. The lowest BCUT2D eigenvalue weighted by molar-refractivity contribution is -0.136. The average Bonchev–Trinajstić information content (AvgIpc) is 3.30. The fourth-order valence-electron chi connectivity index (χ4n) is 4.34. The average molecular weight is 514 g/mol. The molecular weight excluding hydrogens is 474 g/mol. The lowest BCUT2D eigenvalue weighted by Gasteiger charge is -2.21. The van der Waals surface area contributed by atoms with Crippen molar-refractivity contribution in [2.75, 3.05) is 0 Å². The van der Waals surface area contributed by atoms with Crippen molar-refractivity contribution < 1.29 is 14.7 Å². The smallest absolute Gasteiger partial charge is 0.303 e. The minimum atomic E-state index is -0.745. The van der Waals surface area contributed by atoms with Gasteiger partial charge in [0.1, 0.15) is 0 Å². The van der Waals surface area contributed by atoms with Gasteiger partial charge in [-0.1, -0.05) is 84.0 Å². The maximum Gasteiger partial charge on any atom is 0.303 e. The number of hydrogen-bond donors (Lipinski definition) is 2. The van der Waals surface area contributed by atoms with Crippen molar-refractivity contribution in [3.8, 4) is 11.1 Å². The van der Waals surface area contributed by atoms with E-state index in [4.69, 9.17) is 15.9 Å². The summed E-state index contributed by atoms with van der Waals surface area (Å²) >= 11 is 0. The second-order valence-corrected chi connectivity index (χ2v) is 11.1. The summed E-state index contributed by atoms with van der Waals surface area (Å²) < 4.78 is 2.11. The van der Waals surface area contributed by atoms with Gasteiger partial charge < -0.3 is 10.8 Å². The highest BCUT2D eigenvalue weighted by Gasteiger charge is 2.20. The Morgan fingerprint density at radius 1 is 0.947 bits per heavy atom. The Kier molecular flexibility index (Phi) is 9.10. The monoisotopic (exact) mass is 513 g/mol. The number of amides is 1. The summed E-state index contributed by atoms with van der Waals surface area (Å²) in [6, 6.07) is 23.1. The molecule has 0 aliphatic rings. The maximum absolute atomic E-state index is 11.5. The number of aromatic nitrogens is 2. The van der Waals surface area contributed by atoms with Gasteiger partial charge in [0, 0.05) is 17.4 Å². The van der Waals surface area contributed by atoms with Gasteiger partial charge in [-0.2, -0.15) is 5.10 Å². The molecule has 1 aromatic heterocycles. The van der Waals surface area contributed by atoms with Crippen LogP contribution in [0.2, 0.25) is 0 Å². The Labute approximate surface area is 225 Å². The van der Waals surface area contributed by atoms with E-state index in [0.717, 1.165) is 22.9 Å². The number of carbonyl (C=O) groups is 2. The standard InChI is InChI=1S/C29H33N3O.C3H6O2/c1-19(2)16-27(21-6-8-22(9-7-21)28(30)33)32-26-15-12-23(17-24(26)18-31-32)20-10-13-25(14-11-20)29(3,4)5;1-2-3(4)5/h6-15,17-19,27H,16H2,1-5H3,(H2,30,33);2H2,1H3,(H,4,5). The SMILES string of the molecule is CC(C)CC(c1ccc(C(N)=O)cc1)n1ncc2cc(-c3ccc(C(C)(C)C)cc3)ccc21.CCC(=O)O. The molecular formula is C32H39N3O3. The normalized spacial score (nSPS) is 12.2. The van der Waals surface area contributed by atoms with Crippen LogP contribution < -0.4 is 5.73 Å². The third-order valence-electron chi connectivity index (χ3n) is 6.55. The lowest BCUT2D eigenvalue weighted by atomic mass is 9.86. The van der Waals surface area contributed by atoms with Crippen LogP contribution in [-0.2, 0) is 10.2 Å². The van der Waals surface area contributed by atoms with Gasteiger partial charge in [-0.3, -0.25) is 14.3 Å². The quantitative estimate of drug-likeness (QED) is 0.273. The molecule has 38 heavy (non-hydrogen) atoms. The summed E-state index contributed by atoms with van der Waals surface area (Å²) in [4.78, 5) is 20.9. The van der Waals surface area contributed by atoms with Crippen molar-refractivity contribution in [1.29, 1.82) is 0 Å². The molecule has 0 aliphatic heterocycles. The van der Waals surface area contributed by atoms with E-state index >= 15 is 0 Å². The summed E-state index contributed by atoms with van der Waals surface area (Å²) in [5, 5.41) is 13.6. The molecule has 0 saturated carbocycles. The zero-order chi connectivity index (χ0) is 28.0. The minimum absolute atomic E-state index is 0.0846. The number of benzene rings is 3. The Morgan fingerprint density at radius 2 is 1.53 bits per heavy atom. The first-order valence-electron chi connectivity index (χ1n) is 13.1. The van der Waals surface area contributed by atoms with Crippen molar-refractivity contribution in [3.63, 3.8) is 0 Å². The number of hydrogen-bond acceptors (Lipinski definition) is 3. The molecule has 0 bridgehead atoms. The Morgan fingerprint density at radius 3 is 2.03 bits per heavy atom. The number of carboxylic acid groups (broad SMARTS) is 1. The predicted octanol–water partition coefficient (Wildman–Crippen LogP) is 7.22. The van der Waals surface area contributed by atoms with Gasteiger partial charge in [0.2, 0.25) is 5.91 Å². The Bertz CT molecular complexity index is 1380. The zero-order valence-corrected chi connectivity index (χ0v) is 23.2. The number of carboxylic acids is 1. The number of rotatable bonds is 7. The lowest BCUT2D eigenvalue weighted by Crippen LogP contribution is -2.15. The highest BCUT2D eigenvalue weighted by Crippen LogP contribution is 2.32. The third kappa shape index (κ3) is 7.09. The van der Waals surface area contributed by atoms with E-state index in [1.54, 1.807) is 19.1 Å². The van der Waals surface area contributed by atoms with Gasteiger partial charge in [-0.25, -0.2) is 0 Å². The fraction of sp³-hybridized carbons (Fsp3) is 0.344. The first kappa shape index (κ1) is 28.6. The number of primary amides is 1. The van der Waals surface area contributed by atoms with Gasteiger partial charge in [0.15, 0.2) is 0 Å². The molecule has 6 nitrogen and oxygen atoms in total. The van der Waals surface area contributed by atoms with Crippen molar-refractivity contribution >= 4 is 22.8 Å². The van der Waals surface area contributed by atoms with Gasteiger partial charge in [0.25, 0.3) is 0 Å². The van der Waals surface area contributed by atoms with Crippen LogP contribution in [0.5, 0.6) is 0 Å². The number of aliphatic carboxylic acids is 1. The molecule has 200 valence electrons. The van der Waals surface area contributed by atoms with Gasteiger partial charge in [0.05, 0.1) is 17.8 Å². The van der Waals surface area contributed by atoms with Gasteiger partial charge >= 0.3 is 5.97 Å². The molecule has 0 saturated heterocycles. The van der Waals surface area contributed by atoms with Crippen LogP contribution in [0.3, 0.4) is 0 Å². The molecule has 1 atom stereocenters. The zero-order valence-electron chi connectivity index (χ0n) is 23.2.